The number of carbonyl (C=O) groups is 1. The number of ether oxygens (including phenoxy) is 1. The van der Waals surface area contributed by atoms with Gasteiger partial charge < -0.3 is 15.4 Å². The van der Waals surface area contributed by atoms with Crippen LogP contribution in [0.5, 0.6) is 5.75 Å². The van der Waals surface area contributed by atoms with Crippen molar-refractivity contribution in [1.82, 2.24) is 5.32 Å². The highest BCUT2D eigenvalue weighted by molar-refractivity contribution is 6.01. The van der Waals surface area contributed by atoms with Gasteiger partial charge in [0, 0.05) is 5.69 Å². The molecule has 4 nitrogen and oxygen atoms in total. The minimum Gasteiger partial charge on any atom is -0.497 e. The molecule has 0 fully saturated rings. The van der Waals surface area contributed by atoms with Crippen LogP contribution in [0.15, 0.2) is 48.5 Å². The highest BCUT2D eigenvalue weighted by Gasteiger charge is 2.23. The number of anilines is 1. The first-order chi connectivity index (χ1) is 9.28. The lowest BCUT2D eigenvalue weighted by atomic mass is 10.1. The Labute approximate surface area is 111 Å². The number of hydrogen-bond donors (Lipinski definition) is 2. The van der Waals surface area contributed by atoms with Crippen LogP contribution in [0.4, 0.5) is 5.69 Å². The van der Waals surface area contributed by atoms with Crippen LogP contribution < -0.4 is 15.4 Å². The molecule has 0 radical (unpaired) electrons. The summed E-state index contributed by atoms with van der Waals surface area (Å²) in [5.41, 5.74) is 2.52. The van der Waals surface area contributed by atoms with Gasteiger partial charge in [-0.1, -0.05) is 24.3 Å². The largest absolute Gasteiger partial charge is 0.497 e. The van der Waals surface area contributed by atoms with Gasteiger partial charge in [0.1, 0.15) is 11.9 Å². The molecule has 1 amide bonds. The van der Waals surface area contributed by atoms with Crippen molar-refractivity contribution >= 4 is 11.6 Å². The summed E-state index contributed by atoms with van der Waals surface area (Å²) in [6.45, 7) is 0. The molecule has 96 valence electrons. The number of fused-ring (bicyclic) bond motifs is 1. The molecule has 2 aromatic carbocycles. The van der Waals surface area contributed by atoms with Gasteiger partial charge in [0.05, 0.1) is 12.7 Å². The van der Waals surface area contributed by atoms with Crippen molar-refractivity contribution < 1.29 is 9.53 Å². The molecule has 19 heavy (non-hydrogen) atoms. The van der Waals surface area contributed by atoms with Gasteiger partial charge in [0.25, 0.3) is 5.91 Å². The molecule has 1 atom stereocenters. The molecule has 1 aliphatic heterocycles. The zero-order chi connectivity index (χ0) is 13.2. The Morgan fingerprint density at radius 1 is 1.00 bits per heavy atom. The van der Waals surface area contributed by atoms with Gasteiger partial charge >= 0.3 is 0 Å². The van der Waals surface area contributed by atoms with Crippen LogP contribution in [0.2, 0.25) is 0 Å². The first-order valence-electron chi connectivity index (χ1n) is 6.08. The zero-order valence-corrected chi connectivity index (χ0v) is 10.5. The zero-order valence-electron chi connectivity index (χ0n) is 10.5. The normalized spacial score (nSPS) is 17.1. The maximum Gasteiger partial charge on any atom is 0.255 e. The number of para-hydroxylation sites is 1. The monoisotopic (exact) mass is 254 g/mol. The lowest BCUT2D eigenvalue weighted by Crippen LogP contribution is -2.38. The van der Waals surface area contributed by atoms with Crippen molar-refractivity contribution in [1.29, 1.82) is 0 Å². The van der Waals surface area contributed by atoms with Crippen molar-refractivity contribution in [2.24, 2.45) is 0 Å². The average molecular weight is 254 g/mol. The SMILES string of the molecule is COc1ccc([C@H]2NC(=O)c3ccccc3N2)cc1. The number of hydrogen-bond acceptors (Lipinski definition) is 3. The Kier molecular flexibility index (Phi) is 2.83. The first-order valence-corrected chi connectivity index (χ1v) is 6.08. The molecule has 2 aromatic rings. The summed E-state index contributed by atoms with van der Waals surface area (Å²) in [7, 11) is 1.63. The lowest BCUT2D eigenvalue weighted by molar-refractivity contribution is 0.0935. The third-order valence-corrected chi connectivity index (χ3v) is 3.20. The lowest BCUT2D eigenvalue weighted by Gasteiger charge is -2.28. The fourth-order valence-electron chi connectivity index (χ4n) is 2.17. The molecule has 0 saturated heterocycles. The number of benzene rings is 2. The third-order valence-electron chi connectivity index (χ3n) is 3.20. The summed E-state index contributed by atoms with van der Waals surface area (Å²) in [6, 6.07) is 15.1. The van der Waals surface area contributed by atoms with E-state index in [2.05, 4.69) is 10.6 Å². The van der Waals surface area contributed by atoms with E-state index in [4.69, 9.17) is 4.74 Å². The predicted octanol–water partition coefficient (Wildman–Crippen LogP) is 2.55. The molecular weight excluding hydrogens is 240 g/mol. The van der Waals surface area contributed by atoms with Crippen LogP contribution in [-0.4, -0.2) is 13.0 Å². The summed E-state index contributed by atoms with van der Waals surface area (Å²) >= 11 is 0. The molecule has 3 rings (SSSR count). The van der Waals surface area contributed by atoms with Gasteiger partial charge in [-0.3, -0.25) is 4.79 Å². The average Bonchev–Trinajstić information content (AvgIpc) is 2.47. The fraction of sp³-hybridized carbons (Fsp3) is 0.133. The number of amides is 1. The molecule has 0 aliphatic carbocycles. The van der Waals surface area contributed by atoms with Crippen LogP contribution in [0.25, 0.3) is 0 Å². The molecule has 0 bridgehead atoms. The molecule has 1 heterocycles. The quantitative estimate of drug-likeness (QED) is 0.866. The molecular formula is C15H14N2O2. The third kappa shape index (κ3) is 2.12. The van der Waals surface area contributed by atoms with E-state index in [1.54, 1.807) is 7.11 Å². The Balaban J connectivity index is 1.90. The van der Waals surface area contributed by atoms with E-state index < -0.39 is 0 Å². The fourth-order valence-corrected chi connectivity index (χ4v) is 2.17. The van der Waals surface area contributed by atoms with Gasteiger partial charge in [0.2, 0.25) is 0 Å². The van der Waals surface area contributed by atoms with Crippen LogP contribution in [-0.2, 0) is 0 Å². The second-order valence-corrected chi connectivity index (χ2v) is 4.37. The number of carbonyl (C=O) groups excluding carboxylic acids is 1. The standard InChI is InChI=1S/C15H14N2O2/c1-19-11-8-6-10(7-9-11)14-16-13-5-3-2-4-12(13)15(18)17-14/h2-9,14,16H,1H3,(H,17,18)/t14-/m1/s1. The number of methoxy groups -OCH3 is 1. The maximum absolute atomic E-state index is 12.0. The predicted molar refractivity (Wildman–Crippen MR) is 73.3 cm³/mol. The van der Waals surface area contributed by atoms with E-state index in [-0.39, 0.29) is 12.1 Å². The molecule has 0 spiro atoms. The Hall–Kier alpha value is -2.49. The number of rotatable bonds is 2. The second-order valence-electron chi connectivity index (χ2n) is 4.37. The number of nitrogens with one attached hydrogen (secondary N) is 2. The molecule has 2 N–H and O–H groups in total. The Morgan fingerprint density at radius 2 is 1.74 bits per heavy atom. The topological polar surface area (TPSA) is 50.4 Å². The van der Waals surface area contributed by atoms with E-state index in [1.807, 2.05) is 48.5 Å². The minimum atomic E-state index is -0.215. The van der Waals surface area contributed by atoms with Crippen molar-refractivity contribution in [3.8, 4) is 5.75 Å². The van der Waals surface area contributed by atoms with Gasteiger partial charge in [-0.05, 0) is 29.8 Å². The van der Waals surface area contributed by atoms with E-state index in [0.717, 1.165) is 17.0 Å². The molecule has 1 aliphatic rings. The molecule has 0 aromatic heterocycles. The van der Waals surface area contributed by atoms with Crippen molar-refractivity contribution in [3.63, 3.8) is 0 Å². The van der Waals surface area contributed by atoms with Gasteiger partial charge in [-0.2, -0.15) is 0 Å². The minimum absolute atomic E-state index is 0.0600. The van der Waals surface area contributed by atoms with Crippen LogP contribution in [0.1, 0.15) is 22.1 Å². The summed E-state index contributed by atoms with van der Waals surface area (Å²) in [6.07, 6.45) is -0.215. The summed E-state index contributed by atoms with van der Waals surface area (Å²) < 4.78 is 5.13. The summed E-state index contributed by atoms with van der Waals surface area (Å²) in [5, 5.41) is 6.24. The Morgan fingerprint density at radius 3 is 2.47 bits per heavy atom. The van der Waals surface area contributed by atoms with Gasteiger partial charge in [-0.15, -0.1) is 0 Å². The van der Waals surface area contributed by atoms with E-state index in [1.165, 1.54) is 0 Å². The Bertz CT molecular complexity index is 608. The molecule has 0 saturated carbocycles. The smallest absolute Gasteiger partial charge is 0.255 e. The second kappa shape index (κ2) is 4.65. The maximum atomic E-state index is 12.0. The van der Waals surface area contributed by atoms with Gasteiger partial charge in [-0.25, -0.2) is 0 Å². The van der Waals surface area contributed by atoms with Crippen LogP contribution >= 0.6 is 0 Å². The van der Waals surface area contributed by atoms with Gasteiger partial charge in [0.15, 0.2) is 0 Å². The van der Waals surface area contributed by atoms with E-state index in [9.17, 15) is 4.79 Å². The van der Waals surface area contributed by atoms with Crippen LogP contribution in [0, 0.1) is 0 Å². The molecule has 0 unspecified atom stereocenters. The highest BCUT2D eigenvalue weighted by atomic mass is 16.5. The van der Waals surface area contributed by atoms with Crippen molar-refractivity contribution in [2.75, 3.05) is 12.4 Å². The highest BCUT2D eigenvalue weighted by Crippen LogP contribution is 2.26. The van der Waals surface area contributed by atoms with Crippen molar-refractivity contribution in [3.05, 3.63) is 59.7 Å². The van der Waals surface area contributed by atoms with Crippen LogP contribution in [0.3, 0.4) is 0 Å². The summed E-state index contributed by atoms with van der Waals surface area (Å²) in [4.78, 5) is 12.0. The van der Waals surface area contributed by atoms with E-state index >= 15 is 0 Å². The molecule has 4 heteroatoms. The summed E-state index contributed by atoms with van der Waals surface area (Å²) in [5.74, 6) is 0.737. The van der Waals surface area contributed by atoms with Crippen molar-refractivity contribution in [2.45, 2.75) is 6.17 Å². The van der Waals surface area contributed by atoms with E-state index in [0.29, 0.717) is 5.56 Å². The first kappa shape index (κ1) is 11.6.